The third-order valence-electron chi connectivity index (χ3n) is 2.74. The molecule has 0 aliphatic rings. The van der Waals surface area contributed by atoms with E-state index in [1.807, 2.05) is 20.8 Å². The summed E-state index contributed by atoms with van der Waals surface area (Å²) in [5, 5.41) is 2.99. The first kappa shape index (κ1) is 17.3. The summed E-state index contributed by atoms with van der Waals surface area (Å²) >= 11 is 5.83. The van der Waals surface area contributed by atoms with Gasteiger partial charge in [-0.05, 0) is 38.5 Å². The van der Waals surface area contributed by atoms with Crippen LogP contribution in [0.25, 0.3) is 0 Å². The SMILES string of the molecule is CCCC(C)(C)NC(=O)c1cc(Cl)cc(S(=O)(=O)Cl)c1. The summed E-state index contributed by atoms with van der Waals surface area (Å²) in [6.07, 6.45) is 1.73. The molecule has 112 valence electrons. The van der Waals surface area contributed by atoms with Gasteiger partial charge in [0.1, 0.15) is 0 Å². The molecule has 0 radical (unpaired) electrons. The number of benzene rings is 1. The highest BCUT2D eigenvalue weighted by molar-refractivity contribution is 8.13. The topological polar surface area (TPSA) is 63.2 Å². The fourth-order valence-electron chi connectivity index (χ4n) is 1.90. The van der Waals surface area contributed by atoms with Gasteiger partial charge in [0.25, 0.3) is 15.0 Å². The number of amides is 1. The number of nitrogens with one attached hydrogen (secondary N) is 1. The van der Waals surface area contributed by atoms with Crippen LogP contribution in [0.3, 0.4) is 0 Å². The molecule has 1 amide bonds. The van der Waals surface area contributed by atoms with Crippen LogP contribution in [0.5, 0.6) is 0 Å². The lowest BCUT2D eigenvalue weighted by Gasteiger charge is -2.25. The summed E-state index contributed by atoms with van der Waals surface area (Å²) in [4.78, 5) is 12.0. The zero-order chi connectivity index (χ0) is 15.6. The molecule has 0 aliphatic heterocycles. The Bertz CT molecular complexity index is 612. The molecule has 7 heteroatoms. The van der Waals surface area contributed by atoms with Gasteiger partial charge in [-0.1, -0.05) is 24.9 Å². The molecule has 0 fully saturated rings. The van der Waals surface area contributed by atoms with E-state index in [2.05, 4.69) is 5.32 Å². The van der Waals surface area contributed by atoms with E-state index in [0.29, 0.717) is 0 Å². The van der Waals surface area contributed by atoms with Gasteiger partial charge in [0.15, 0.2) is 0 Å². The minimum absolute atomic E-state index is 0.144. The van der Waals surface area contributed by atoms with E-state index in [4.69, 9.17) is 22.3 Å². The zero-order valence-electron chi connectivity index (χ0n) is 11.5. The van der Waals surface area contributed by atoms with Crippen LogP contribution in [-0.4, -0.2) is 19.9 Å². The first-order valence-corrected chi connectivity index (χ1v) is 8.81. The molecule has 0 bridgehead atoms. The summed E-state index contributed by atoms with van der Waals surface area (Å²) < 4.78 is 22.6. The maximum Gasteiger partial charge on any atom is 0.261 e. The van der Waals surface area contributed by atoms with Crippen LogP contribution in [0.1, 0.15) is 44.0 Å². The van der Waals surface area contributed by atoms with Crippen LogP contribution in [-0.2, 0) is 9.05 Å². The van der Waals surface area contributed by atoms with Crippen LogP contribution < -0.4 is 5.32 Å². The highest BCUT2D eigenvalue weighted by atomic mass is 35.7. The summed E-state index contributed by atoms with van der Waals surface area (Å²) in [6, 6.07) is 3.83. The Balaban J connectivity index is 3.09. The van der Waals surface area contributed by atoms with E-state index in [1.54, 1.807) is 0 Å². The van der Waals surface area contributed by atoms with Crippen molar-refractivity contribution < 1.29 is 13.2 Å². The fraction of sp³-hybridized carbons (Fsp3) is 0.462. The highest BCUT2D eigenvalue weighted by Gasteiger charge is 2.22. The van der Waals surface area contributed by atoms with Crippen molar-refractivity contribution in [1.29, 1.82) is 0 Å². The van der Waals surface area contributed by atoms with Gasteiger partial charge < -0.3 is 5.32 Å². The summed E-state index contributed by atoms with van der Waals surface area (Å²) in [7, 11) is 1.34. The Kier molecular flexibility index (Phi) is 5.46. The first-order chi connectivity index (χ1) is 9.05. The van der Waals surface area contributed by atoms with Gasteiger partial charge in [0, 0.05) is 26.8 Å². The zero-order valence-corrected chi connectivity index (χ0v) is 13.9. The van der Waals surface area contributed by atoms with Crippen molar-refractivity contribution in [3.8, 4) is 0 Å². The van der Waals surface area contributed by atoms with Crippen molar-refractivity contribution in [2.45, 2.75) is 44.0 Å². The van der Waals surface area contributed by atoms with Crippen molar-refractivity contribution in [2.24, 2.45) is 0 Å². The molecule has 0 aliphatic carbocycles. The second-order valence-corrected chi connectivity index (χ2v) is 8.20. The van der Waals surface area contributed by atoms with Gasteiger partial charge in [0.2, 0.25) is 0 Å². The van der Waals surface area contributed by atoms with Crippen molar-refractivity contribution in [2.75, 3.05) is 0 Å². The molecular formula is C13H17Cl2NO3S. The largest absolute Gasteiger partial charge is 0.347 e. The van der Waals surface area contributed by atoms with Gasteiger partial charge in [0.05, 0.1) is 4.90 Å². The molecule has 0 saturated carbocycles. The van der Waals surface area contributed by atoms with Crippen LogP contribution in [0.15, 0.2) is 23.1 Å². The maximum atomic E-state index is 12.2. The van der Waals surface area contributed by atoms with E-state index >= 15 is 0 Å². The van der Waals surface area contributed by atoms with Gasteiger partial charge in [-0.3, -0.25) is 4.79 Å². The molecule has 0 saturated heterocycles. The van der Waals surface area contributed by atoms with Crippen LogP contribution in [0.2, 0.25) is 5.02 Å². The Labute approximate surface area is 128 Å². The quantitative estimate of drug-likeness (QED) is 0.835. The molecule has 4 nitrogen and oxygen atoms in total. The molecule has 0 atom stereocenters. The summed E-state index contributed by atoms with van der Waals surface area (Å²) in [5.74, 6) is -0.382. The lowest BCUT2D eigenvalue weighted by atomic mass is 9.98. The van der Waals surface area contributed by atoms with E-state index in [9.17, 15) is 13.2 Å². The molecule has 0 heterocycles. The Morgan fingerprint density at radius 2 is 1.90 bits per heavy atom. The monoisotopic (exact) mass is 337 g/mol. The minimum Gasteiger partial charge on any atom is -0.347 e. The van der Waals surface area contributed by atoms with Crippen molar-refractivity contribution >= 4 is 37.2 Å². The van der Waals surface area contributed by atoms with E-state index in [-0.39, 0.29) is 26.9 Å². The predicted molar refractivity (Wildman–Crippen MR) is 80.9 cm³/mol. The number of carbonyl (C=O) groups is 1. The summed E-state index contributed by atoms with van der Waals surface area (Å²) in [6.45, 7) is 5.82. The average molecular weight is 338 g/mol. The van der Waals surface area contributed by atoms with Gasteiger partial charge in [-0.15, -0.1) is 0 Å². The standard InChI is InChI=1S/C13H17Cl2NO3S/c1-4-5-13(2,3)16-12(17)9-6-10(14)8-11(7-9)20(15,18)19/h6-8H,4-5H2,1-3H3,(H,16,17). The molecule has 20 heavy (non-hydrogen) atoms. The number of hydrogen-bond acceptors (Lipinski definition) is 3. The highest BCUT2D eigenvalue weighted by Crippen LogP contribution is 2.22. The normalized spacial score (nSPS) is 12.2. The van der Waals surface area contributed by atoms with Crippen LogP contribution >= 0.6 is 22.3 Å². The maximum absolute atomic E-state index is 12.2. The second-order valence-electron chi connectivity index (χ2n) is 5.20. The third-order valence-corrected chi connectivity index (χ3v) is 4.29. The minimum atomic E-state index is -3.93. The van der Waals surface area contributed by atoms with E-state index < -0.39 is 9.05 Å². The van der Waals surface area contributed by atoms with E-state index in [1.165, 1.54) is 18.2 Å². The van der Waals surface area contributed by atoms with Gasteiger partial charge >= 0.3 is 0 Å². The Hall–Kier alpha value is -0.780. The average Bonchev–Trinajstić information content (AvgIpc) is 2.26. The predicted octanol–water partition coefficient (Wildman–Crippen LogP) is 3.58. The number of rotatable bonds is 5. The van der Waals surface area contributed by atoms with Crippen molar-refractivity contribution in [3.63, 3.8) is 0 Å². The van der Waals surface area contributed by atoms with Crippen molar-refractivity contribution in [1.82, 2.24) is 5.32 Å². The first-order valence-electron chi connectivity index (χ1n) is 6.13. The Morgan fingerprint density at radius 3 is 2.40 bits per heavy atom. The molecule has 0 spiro atoms. The van der Waals surface area contributed by atoms with Crippen LogP contribution in [0, 0.1) is 0 Å². The lowest BCUT2D eigenvalue weighted by Crippen LogP contribution is -2.43. The van der Waals surface area contributed by atoms with E-state index in [0.717, 1.165) is 12.8 Å². The molecule has 0 unspecified atom stereocenters. The second kappa shape index (κ2) is 6.33. The Morgan fingerprint density at radius 1 is 1.30 bits per heavy atom. The smallest absolute Gasteiger partial charge is 0.261 e. The van der Waals surface area contributed by atoms with Crippen molar-refractivity contribution in [3.05, 3.63) is 28.8 Å². The molecule has 1 rings (SSSR count). The molecular weight excluding hydrogens is 321 g/mol. The van der Waals surface area contributed by atoms with Crippen LogP contribution in [0.4, 0.5) is 0 Å². The van der Waals surface area contributed by atoms with Gasteiger partial charge in [-0.2, -0.15) is 0 Å². The molecule has 1 aromatic rings. The molecule has 1 aromatic carbocycles. The number of halogens is 2. The number of hydrogen-bond donors (Lipinski definition) is 1. The fourth-order valence-corrected chi connectivity index (χ4v) is 3.00. The summed E-state index contributed by atoms with van der Waals surface area (Å²) in [5.41, 5.74) is -0.213. The van der Waals surface area contributed by atoms with Gasteiger partial charge in [-0.25, -0.2) is 8.42 Å². The lowest BCUT2D eigenvalue weighted by molar-refractivity contribution is 0.0909. The molecule has 1 N–H and O–H groups in total. The molecule has 0 aromatic heterocycles. The number of carbonyl (C=O) groups excluding carboxylic acids is 1. The third kappa shape index (κ3) is 4.96.